The molecule has 0 atom stereocenters. The Labute approximate surface area is 106 Å². The molecule has 2 aromatic rings. The van der Waals surface area contributed by atoms with Gasteiger partial charge in [0.15, 0.2) is 5.58 Å². The predicted octanol–water partition coefficient (Wildman–Crippen LogP) is 1.67. The summed E-state index contributed by atoms with van der Waals surface area (Å²) in [6.07, 6.45) is 3.62. The number of nitrogens with zero attached hydrogens (tertiary/aromatic N) is 1. The lowest BCUT2D eigenvalue weighted by Gasteiger charge is -2.14. The first kappa shape index (κ1) is 11.5. The molecule has 1 fully saturated rings. The van der Waals surface area contributed by atoms with Crippen molar-refractivity contribution in [2.24, 2.45) is 12.5 Å². The fourth-order valence-electron chi connectivity index (χ4n) is 2.69. The number of rotatable bonds is 4. The van der Waals surface area contributed by atoms with Crippen LogP contribution in [0.1, 0.15) is 18.4 Å². The zero-order valence-corrected chi connectivity index (χ0v) is 10.8. The largest absolute Gasteiger partial charge is 0.419 e. The number of nitrogens with one attached hydrogen (secondary N) is 1. The van der Waals surface area contributed by atoms with Crippen LogP contribution in [0.5, 0.6) is 0 Å². The van der Waals surface area contributed by atoms with E-state index >= 15 is 0 Å². The van der Waals surface area contributed by atoms with Gasteiger partial charge in [0.2, 0.25) is 0 Å². The Morgan fingerprint density at radius 3 is 2.89 bits per heavy atom. The first-order valence-corrected chi connectivity index (χ1v) is 6.37. The second-order valence-corrected chi connectivity index (χ2v) is 5.44. The highest BCUT2D eigenvalue weighted by Gasteiger charge is 2.41. The molecule has 1 heterocycles. The molecule has 18 heavy (non-hydrogen) atoms. The quantitative estimate of drug-likeness (QED) is 0.892. The van der Waals surface area contributed by atoms with Gasteiger partial charge in [-0.3, -0.25) is 4.57 Å². The minimum absolute atomic E-state index is 0.293. The van der Waals surface area contributed by atoms with Crippen LogP contribution in [0, 0.1) is 5.41 Å². The molecule has 0 spiro atoms. The van der Waals surface area contributed by atoms with Gasteiger partial charge >= 0.3 is 5.76 Å². The van der Waals surface area contributed by atoms with E-state index in [1.807, 2.05) is 19.2 Å². The van der Waals surface area contributed by atoms with Gasteiger partial charge in [-0.2, -0.15) is 0 Å². The summed E-state index contributed by atoms with van der Waals surface area (Å²) in [6.45, 7) is 1.06. The molecular formula is C14H18N2O2. The van der Waals surface area contributed by atoms with E-state index < -0.39 is 0 Å². The zero-order valence-electron chi connectivity index (χ0n) is 10.8. The Bertz CT molecular complexity index is 635. The number of hydrogen-bond acceptors (Lipinski definition) is 3. The van der Waals surface area contributed by atoms with Gasteiger partial charge < -0.3 is 9.73 Å². The second-order valence-electron chi connectivity index (χ2n) is 5.44. The van der Waals surface area contributed by atoms with Crippen molar-refractivity contribution in [1.82, 2.24) is 9.88 Å². The molecule has 4 heteroatoms. The summed E-state index contributed by atoms with van der Waals surface area (Å²) in [4.78, 5) is 11.4. The van der Waals surface area contributed by atoms with E-state index in [-0.39, 0.29) is 5.76 Å². The third-order valence-electron chi connectivity index (χ3n) is 3.94. The van der Waals surface area contributed by atoms with Crippen molar-refractivity contribution in [2.75, 3.05) is 13.6 Å². The molecule has 1 aromatic carbocycles. The molecule has 1 N–H and O–H groups in total. The SMILES string of the molecule is CNCC1(Cc2ccc3c(c2)oc(=O)n3C)CC1. The Morgan fingerprint density at radius 1 is 1.44 bits per heavy atom. The summed E-state index contributed by atoms with van der Waals surface area (Å²) in [5, 5.41) is 3.26. The van der Waals surface area contributed by atoms with Crippen molar-refractivity contribution >= 4 is 11.1 Å². The van der Waals surface area contributed by atoms with E-state index in [0.29, 0.717) is 11.0 Å². The van der Waals surface area contributed by atoms with Crippen LogP contribution in [0.15, 0.2) is 27.4 Å². The Hall–Kier alpha value is -1.55. The minimum Gasteiger partial charge on any atom is -0.408 e. The minimum atomic E-state index is -0.293. The van der Waals surface area contributed by atoms with Crippen LogP contribution < -0.4 is 11.1 Å². The van der Waals surface area contributed by atoms with E-state index in [1.54, 1.807) is 11.6 Å². The summed E-state index contributed by atoms with van der Waals surface area (Å²) < 4.78 is 6.77. The van der Waals surface area contributed by atoms with Crippen molar-refractivity contribution in [3.63, 3.8) is 0 Å². The fraction of sp³-hybridized carbons (Fsp3) is 0.500. The standard InChI is InChI=1S/C14H18N2O2/c1-15-9-14(5-6-14)8-10-3-4-11-12(7-10)18-13(17)16(11)2/h3-4,7,15H,5-6,8-9H2,1-2H3. The van der Waals surface area contributed by atoms with Crippen molar-refractivity contribution < 1.29 is 4.42 Å². The number of aromatic nitrogens is 1. The normalized spacial score (nSPS) is 17.2. The molecule has 0 bridgehead atoms. The fourth-order valence-corrected chi connectivity index (χ4v) is 2.69. The van der Waals surface area contributed by atoms with Gasteiger partial charge in [-0.15, -0.1) is 0 Å². The number of fused-ring (bicyclic) bond motifs is 1. The van der Waals surface area contributed by atoms with Crippen molar-refractivity contribution in [3.05, 3.63) is 34.3 Å². The molecule has 1 saturated carbocycles. The molecule has 1 aromatic heterocycles. The smallest absolute Gasteiger partial charge is 0.408 e. The van der Waals surface area contributed by atoms with Crippen LogP contribution in [0.2, 0.25) is 0 Å². The van der Waals surface area contributed by atoms with E-state index in [0.717, 1.165) is 18.5 Å². The van der Waals surface area contributed by atoms with Gasteiger partial charge in [-0.25, -0.2) is 4.79 Å². The molecule has 0 aliphatic heterocycles. The molecule has 4 nitrogen and oxygen atoms in total. The van der Waals surface area contributed by atoms with Crippen LogP contribution in [0.4, 0.5) is 0 Å². The molecule has 96 valence electrons. The number of hydrogen-bond donors (Lipinski definition) is 1. The molecule has 0 amide bonds. The second kappa shape index (κ2) is 3.99. The predicted molar refractivity (Wildman–Crippen MR) is 70.8 cm³/mol. The highest BCUT2D eigenvalue weighted by Crippen LogP contribution is 2.47. The summed E-state index contributed by atoms with van der Waals surface area (Å²) in [5.41, 5.74) is 3.24. The lowest BCUT2D eigenvalue weighted by molar-refractivity contribution is 0.478. The van der Waals surface area contributed by atoms with Crippen molar-refractivity contribution in [2.45, 2.75) is 19.3 Å². The third-order valence-corrected chi connectivity index (χ3v) is 3.94. The maximum Gasteiger partial charge on any atom is 0.419 e. The summed E-state index contributed by atoms with van der Waals surface area (Å²) in [7, 11) is 3.73. The highest BCUT2D eigenvalue weighted by molar-refractivity contribution is 5.73. The number of benzene rings is 1. The van der Waals surface area contributed by atoms with E-state index in [9.17, 15) is 4.79 Å². The Morgan fingerprint density at radius 2 is 2.22 bits per heavy atom. The topological polar surface area (TPSA) is 47.2 Å². The Kier molecular flexibility index (Phi) is 2.55. The van der Waals surface area contributed by atoms with Crippen LogP contribution >= 0.6 is 0 Å². The molecule has 0 radical (unpaired) electrons. The maximum absolute atomic E-state index is 11.4. The van der Waals surface area contributed by atoms with Gasteiger partial charge in [-0.1, -0.05) is 6.07 Å². The van der Waals surface area contributed by atoms with Gasteiger partial charge in [0.05, 0.1) is 5.52 Å². The van der Waals surface area contributed by atoms with Crippen LogP contribution in [0.25, 0.3) is 11.1 Å². The van der Waals surface area contributed by atoms with Gasteiger partial charge in [0, 0.05) is 13.6 Å². The van der Waals surface area contributed by atoms with E-state index in [1.165, 1.54) is 18.4 Å². The van der Waals surface area contributed by atoms with Gasteiger partial charge in [-0.05, 0) is 49.4 Å². The van der Waals surface area contributed by atoms with Crippen LogP contribution in [0.3, 0.4) is 0 Å². The van der Waals surface area contributed by atoms with Crippen LogP contribution in [-0.2, 0) is 13.5 Å². The zero-order chi connectivity index (χ0) is 12.8. The van der Waals surface area contributed by atoms with Crippen LogP contribution in [-0.4, -0.2) is 18.2 Å². The van der Waals surface area contributed by atoms with Crippen molar-refractivity contribution in [1.29, 1.82) is 0 Å². The molecule has 0 unspecified atom stereocenters. The molecule has 1 aliphatic carbocycles. The van der Waals surface area contributed by atoms with E-state index in [4.69, 9.17) is 4.42 Å². The first-order valence-electron chi connectivity index (χ1n) is 6.37. The maximum atomic E-state index is 11.4. The highest BCUT2D eigenvalue weighted by atomic mass is 16.4. The van der Waals surface area contributed by atoms with Crippen molar-refractivity contribution in [3.8, 4) is 0 Å². The Balaban J connectivity index is 1.92. The lowest BCUT2D eigenvalue weighted by Crippen LogP contribution is -2.21. The summed E-state index contributed by atoms with van der Waals surface area (Å²) >= 11 is 0. The average molecular weight is 246 g/mol. The summed E-state index contributed by atoms with van der Waals surface area (Å²) in [6, 6.07) is 6.09. The van der Waals surface area contributed by atoms with Gasteiger partial charge in [0.1, 0.15) is 0 Å². The molecular weight excluding hydrogens is 228 g/mol. The molecule has 1 aliphatic rings. The number of aryl methyl sites for hydroxylation is 1. The van der Waals surface area contributed by atoms with E-state index in [2.05, 4.69) is 11.4 Å². The number of oxazole rings is 1. The van der Waals surface area contributed by atoms with Gasteiger partial charge in [0.25, 0.3) is 0 Å². The average Bonchev–Trinajstić information content (AvgIpc) is 3.02. The molecule has 0 saturated heterocycles. The monoisotopic (exact) mass is 246 g/mol. The first-order chi connectivity index (χ1) is 8.63. The third kappa shape index (κ3) is 1.86. The summed E-state index contributed by atoms with van der Waals surface area (Å²) in [5.74, 6) is -0.293. The lowest BCUT2D eigenvalue weighted by atomic mass is 9.96. The molecule has 3 rings (SSSR count).